The molecule has 0 radical (unpaired) electrons. The predicted molar refractivity (Wildman–Crippen MR) is 300 cm³/mol. The Balaban J connectivity index is 0.938. The number of hydrogen-bond acceptors (Lipinski definition) is 11. The number of halogens is 5. The van der Waals surface area contributed by atoms with Gasteiger partial charge in [-0.15, -0.1) is 11.8 Å². The zero-order chi connectivity index (χ0) is 55.0. The number of piperazine rings is 1. The number of aromatic nitrogens is 1. The molecular weight excluding hydrogens is 1090 g/mol. The molecule has 0 bridgehead atoms. The Hall–Kier alpha value is -4.85. The molecule has 5 aromatic carbocycles. The van der Waals surface area contributed by atoms with Gasteiger partial charge in [0.15, 0.2) is 9.84 Å². The highest BCUT2D eigenvalue weighted by Gasteiger charge is 2.49. The Morgan fingerprint density at radius 3 is 2.05 bits per heavy atom. The van der Waals surface area contributed by atoms with Crippen LogP contribution in [0.5, 0.6) is 0 Å². The molecule has 3 aliphatic heterocycles. The third kappa shape index (κ3) is 12.3. The summed E-state index contributed by atoms with van der Waals surface area (Å²) >= 11 is 7.81. The molecule has 3 fully saturated rings. The molecule has 0 spiro atoms. The van der Waals surface area contributed by atoms with E-state index >= 15 is 8.96 Å². The highest BCUT2D eigenvalue weighted by Crippen LogP contribution is 2.56. The fourth-order valence-electron chi connectivity index (χ4n) is 10.9. The molecule has 0 amide bonds. The minimum absolute atomic E-state index is 0.0145. The standard InChI is InChI=1S/C56H63ClF4N5O7PS3/c1-38(2)66-39(3)55(76(4,69)70)53(54(66)41-10-13-44(57)14-11-41)43-33-45(58)35-48(34-43)64-28-26-63(27-29-64)46-15-17-47(18-16-46)65-30-31-73-74(65,68)50-19-12-42(52(36-50)77(71,72)56(59,60)61)32-40(37-75-51-8-6-5-7-9-51)20-23-62-24-21-49(67)22-25-62/h5-19,33-36,38,40,49,67H,20-32,37H2,1-4H3/t40-,74-/m0/s1. The second-order valence-corrected chi connectivity index (χ2v) is 28.0. The number of piperidine rings is 1. The van der Waals surface area contributed by atoms with E-state index in [9.17, 15) is 35.1 Å². The van der Waals surface area contributed by atoms with Gasteiger partial charge in [0.25, 0.3) is 9.84 Å². The number of benzene rings is 5. The molecule has 412 valence electrons. The zero-order valence-corrected chi connectivity index (χ0v) is 47.4. The van der Waals surface area contributed by atoms with E-state index in [2.05, 4.69) is 14.7 Å². The summed E-state index contributed by atoms with van der Waals surface area (Å²) in [5.74, 6) is -0.232. The van der Waals surface area contributed by atoms with Gasteiger partial charge in [-0.2, -0.15) is 13.2 Å². The van der Waals surface area contributed by atoms with E-state index in [1.54, 1.807) is 43.0 Å². The summed E-state index contributed by atoms with van der Waals surface area (Å²) in [7, 11) is -13.8. The SMILES string of the molecule is Cc1c(S(C)(=O)=O)c(-c2cc(F)cc(N3CCN(c4ccc(N5CCO[P@@]5(=O)c5ccc(C[C@H](CCN6CCC(O)CC6)CSc6ccccc6)c(S(=O)(=O)C(F)(F)F)c5)cc4)CC3)c2)c(-c2ccc(Cl)cc2)n1C(C)C. The Labute approximate surface area is 458 Å². The quantitative estimate of drug-likeness (QED) is 0.0530. The van der Waals surface area contributed by atoms with Crippen LogP contribution in [-0.2, 0) is 35.2 Å². The van der Waals surface area contributed by atoms with Crippen LogP contribution in [0.1, 0.15) is 50.4 Å². The molecule has 0 aliphatic carbocycles. The zero-order valence-electron chi connectivity index (χ0n) is 43.3. The van der Waals surface area contributed by atoms with Crippen LogP contribution in [0, 0.1) is 18.7 Å². The molecular formula is C56H63ClF4N5O7PS3. The molecule has 0 saturated carbocycles. The second kappa shape index (κ2) is 23.1. The number of aliphatic hydroxyl groups excluding tert-OH is 1. The van der Waals surface area contributed by atoms with Crippen LogP contribution in [-0.4, -0.2) is 114 Å². The topological polar surface area (TPSA) is 133 Å². The van der Waals surface area contributed by atoms with Crippen LogP contribution in [0.4, 0.5) is 34.6 Å². The van der Waals surface area contributed by atoms with Crippen molar-refractivity contribution >= 4 is 72.9 Å². The minimum Gasteiger partial charge on any atom is -0.393 e. The van der Waals surface area contributed by atoms with Crippen molar-refractivity contribution in [3.05, 3.63) is 137 Å². The van der Waals surface area contributed by atoms with Gasteiger partial charge in [-0.05, 0) is 154 Å². The van der Waals surface area contributed by atoms with Crippen LogP contribution in [0.15, 0.2) is 130 Å². The van der Waals surface area contributed by atoms with Gasteiger partial charge in [0.2, 0.25) is 0 Å². The Bertz CT molecular complexity index is 3350. The maximum Gasteiger partial charge on any atom is 0.501 e. The lowest BCUT2D eigenvalue weighted by Gasteiger charge is -2.37. The van der Waals surface area contributed by atoms with Crippen LogP contribution < -0.4 is 19.8 Å². The number of hydrogen-bond donors (Lipinski definition) is 1. The maximum absolute atomic E-state index is 15.8. The average Bonchev–Trinajstić information content (AvgIpc) is 4.15. The Morgan fingerprint density at radius 1 is 0.792 bits per heavy atom. The molecule has 1 N–H and O–H groups in total. The largest absolute Gasteiger partial charge is 0.501 e. The predicted octanol–water partition coefficient (Wildman–Crippen LogP) is 11.7. The normalized spacial score (nSPS) is 18.7. The van der Waals surface area contributed by atoms with Gasteiger partial charge >= 0.3 is 13.0 Å². The first kappa shape index (κ1) is 56.9. The van der Waals surface area contributed by atoms with E-state index < -0.39 is 43.4 Å². The van der Waals surface area contributed by atoms with E-state index in [1.807, 2.05) is 79.1 Å². The minimum atomic E-state index is -5.90. The number of rotatable bonds is 17. The lowest BCUT2D eigenvalue weighted by Crippen LogP contribution is -2.46. The molecule has 3 aliphatic rings. The van der Waals surface area contributed by atoms with Crippen molar-refractivity contribution in [3.8, 4) is 22.4 Å². The van der Waals surface area contributed by atoms with Gasteiger partial charge in [-0.3, -0.25) is 9.24 Å². The number of likely N-dealkylation sites (tertiary alicyclic amines) is 1. The number of aliphatic hydroxyl groups is 1. The highest BCUT2D eigenvalue weighted by molar-refractivity contribution is 7.99. The molecule has 21 heteroatoms. The number of alkyl halides is 3. The fraction of sp³-hybridized carbons (Fsp3) is 0.393. The molecule has 6 aromatic rings. The molecule has 3 saturated heterocycles. The summed E-state index contributed by atoms with van der Waals surface area (Å²) in [5.41, 5.74) is -0.980. The third-order valence-electron chi connectivity index (χ3n) is 14.7. The smallest absolute Gasteiger partial charge is 0.393 e. The van der Waals surface area contributed by atoms with E-state index in [-0.39, 0.29) is 53.4 Å². The van der Waals surface area contributed by atoms with E-state index in [0.717, 1.165) is 22.2 Å². The number of nitrogens with zero attached hydrogens (tertiary/aromatic N) is 5. The Morgan fingerprint density at radius 2 is 1.43 bits per heavy atom. The third-order valence-corrected chi connectivity index (χ3v) is 21.6. The lowest BCUT2D eigenvalue weighted by atomic mass is 9.97. The number of sulfone groups is 2. The number of anilines is 3. The summed E-state index contributed by atoms with van der Waals surface area (Å²) in [6.45, 7) is 9.88. The van der Waals surface area contributed by atoms with E-state index in [4.69, 9.17) is 16.1 Å². The van der Waals surface area contributed by atoms with Crippen molar-refractivity contribution in [2.24, 2.45) is 5.92 Å². The highest BCUT2D eigenvalue weighted by atomic mass is 35.5. The van der Waals surface area contributed by atoms with Gasteiger partial charge in [-0.25, -0.2) is 21.2 Å². The van der Waals surface area contributed by atoms with Crippen molar-refractivity contribution in [2.75, 3.05) is 85.4 Å². The summed E-state index contributed by atoms with van der Waals surface area (Å²) in [6, 6.07) is 32.1. The first-order valence-electron chi connectivity index (χ1n) is 25.7. The number of thioether (sulfide) groups is 1. The van der Waals surface area contributed by atoms with Gasteiger partial charge in [0, 0.05) is 95.6 Å². The first-order chi connectivity index (χ1) is 36.5. The van der Waals surface area contributed by atoms with Gasteiger partial charge in [0.05, 0.1) is 40.0 Å². The van der Waals surface area contributed by atoms with Crippen LogP contribution in [0.2, 0.25) is 5.02 Å². The van der Waals surface area contributed by atoms with Crippen molar-refractivity contribution in [1.82, 2.24) is 9.47 Å². The van der Waals surface area contributed by atoms with Crippen LogP contribution in [0.25, 0.3) is 22.4 Å². The van der Waals surface area contributed by atoms with Crippen molar-refractivity contribution < 1.29 is 48.6 Å². The summed E-state index contributed by atoms with van der Waals surface area (Å²) in [4.78, 5) is 6.58. The molecule has 2 atom stereocenters. The molecule has 0 unspecified atom stereocenters. The summed E-state index contributed by atoms with van der Waals surface area (Å²) in [5, 5.41) is 10.4. The fourth-order valence-corrected chi connectivity index (χ4v) is 16.7. The van der Waals surface area contributed by atoms with Crippen LogP contribution >= 0.6 is 30.9 Å². The van der Waals surface area contributed by atoms with Gasteiger partial charge < -0.3 is 28.9 Å². The molecule has 9 rings (SSSR count). The van der Waals surface area contributed by atoms with E-state index in [0.29, 0.717) is 110 Å². The molecule has 4 heterocycles. The lowest BCUT2D eigenvalue weighted by molar-refractivity contribution is -0.0436. The average molecular weight is 1160 g/mol. The van der Waals surface area contributed by atoms with Gasteiger partial charge in [-0.1, -0.05) is 48.0 Å². The second-order valence-electron chi connectivity index (χ2n) is 20.3. The van der Waals surface area contributed by atoms with Crippen molar-refractivity contribution in [1.29, 1.82) is 0 Å². The Kier molecular flexibility index (Phi) is 17.0. The first-order valence-corrected chi connectivity index (χ1v) is 32.0. The summed E-state index contributed by atoms with van der Waals surface area (Å²) < 4.78 is 138. The van der Waals surface area contributed by atoms with Crippen molar-refractivity contribution in [2.45, 2.75) is 78.8 Å². The van der Waals surface area contributed by atoms with Crippen molar-refractivity contribution in [3.63, 3.8) is 0 Å². The molecule has 77 heavy (non-hydrogen) atoms. The maximum atomic E-state index is 15.8. The van der Waals surface area contributed by atoms with E-state index in [1.165, 1.54) is 35.2 Å². The summed E-state index contributed by atoms with van der Waals surface area (Å²) in [6.07, 6.45) is 2.67. The molecule has 12 nitrogen and oxygen atoms in total. The van der Waals surface area contributed by atoms with Crippen LogP contribution in [0.3, 0.4) is 0 Å². The van der Waals surface area contributed by atoms with Gasteiger partial charge in [0.1, 0.15) is 5.82 Å². The monoisotopic (exact) mass is 1160 g/mol. The molecule has 1 aromatic heterocycles.